The summed E-state index contributed by atoms with van der Waals surface area (Å²) in [5, 5.41) is 16.5. The molecule has 9 heteroatoms. The van der Waals surface area contributed by atoms with Crippen LogP contribution in [-0.4, -0.2) is 31.6 Å². The first-order valence-corrected chi connectivity index (χ1v) is 10.9. The number of nitrogens with one attached hydrogen (secondary N) is 1. The zero-order valence-corrected chi connectivity index (χ0v) is 18.8. The van der Waals surface area contributed by atoms with Gasteiger partial charge in [0.15, 0.2) is 0 Å². The highest BCUT2D eigenvalue weighted by Crippen LogP contribution is 2.26. The van der Waals surface area contributed by atoms with Crippen molar-refractivity contribution in [2.45, 2.75) is 26.0 Å². The van der Waals surface area contributed by atoms with Crippen molar-refractivity contribution in [2.24, 2.45) is 0 Å². The van der Waals surface area contributed by atoms with Gasteiger partial charge in [-0.05, 0) is 57.2 Å². The average molecular weight is 454 g/mol. The van der Waals surface area contributed by atoms with Crippen molar-refractivity contribution in [2.75, 3.05) is 11.1 Å². The lowest BCUT2D eigenvalue weighted by atomic mass is 10.2. The minimum absolute atomic E-state index is 0.136. The van der Waals surface area contributed by atoms with Crippen LogP contribution in [0.1, 0.15) is 17.0 Å². The van der Waals surface area contributed by atoms with Crippen LogP contribution >= 0.6 is 23.4 Å². The Morgan fingerprint density at radius 1 is 1.06 bits per heavy atom. The van der Waals surface area contributed by atoms with Crippen LogP contribution in [0.5, 0.6) is 0 Å². The lowest BCUT2D eigenvalue weighted by Crippen LogP contribution is -2.15. The van der Waals surface area contributed by atoms with E-state index in [4.69, 9.17) is 16.0 Å². The molecule has 0 fully saturated rings. The third-order valence-electron chi connectivity index (χ3n) is 4.66. The van der Waals surface area contributed by atoms with E-state index in [0.717, 1.165) is 22.6 Å². The molecular weight excluding hydrogens is 434 g/mol. The largest absolute Gasteiger partial charge is 0.411 e. The summed E-state index contributed by atoms with van der Waals surface area (Å²) in [7, 11) is 0. The van der Waals surface area contributed by atoms with Gasteiger partial charge in [-0.15, -0.1) is 10.2 Å². The number of carbonyl (C=O) groups excluding carboxylic acids is 1. The van der Waals surface area contributed by atoms with E-state index in [-0.39, 0.29) is 11.7 Å². The molecule has 2 aromatic heterocycles. The molecule has 7 nitrogen and oxygen atoms in total. The number of amides is 1. The highest BCUT2D eigenvalue weighted by atomic mass is 35.5. The Hall–Kier alpha value is -3.10. The number of halogens is 1. The predicted octanol–water partition coefficient (Wildman–Crippen LogP) is 5.23. The highest BCUT2D eigenvalue weighted by molar-refractivity contribution is 7.99. The van der Waals surface area contributed by atoms with Gasteiger partial charge in [0.25, 0.3) is 5.22 Å². The van der Waals surface area contributed by atoms with E-state index in [0.29, 0.717) is 21.8 Å². The number of nitrogens with zero attached hydrogens (tertiary/aromatic N) is 4. The van der Waals surface area contributed by atoms with Crippen molar-refractivity contribution in [3.63, 3.8) is 0 Å². The lowest BCUT2D eigenvalue weighted by Gasteiger charge is -2.07. The minimum atomic E-state index is -0.175. The summed E-state index contributed by atoms with van der Waals surface area (Å²) in [6, 6.07) is 15.2. The van der Waals surface area contributed by atoms with Gasteiger partial charge >= 0.3 is 0 Å². The predicted molar refractivity (Wildman–Crippen MR) is 122 cm³/mol. The van der Waals surface area contributed by atoms with Gasteiger partial charge < -0.3 is 9.73 Å². The molecule has 0 unspecified atom stereocenters. The Bertz CT molecular complexity index is 1220. The lowest BCUT2D eigenvalue weighted by molar-refractivity contribution is -0.113. The molecule has 31 heavy (non-hydrogen) atoms. The molecule has 0 bridgehead atoms. The number of rotatable bonds is 6. The first kappa shape index (κ1) is 21.1. The highest BCUT2D eigenvalue weighted by Gasteiger charge is 2.17. The zero-order valence-electron chi connectivity index (χ0n) is 17.2. The summed E-state index contributed by atoms with van der Waals surface area (Å²) in [6.07, 6.45) is 0. The van der Waals surface area contributed by atoms with E-state index in [1.807, 2.05) is 49.7 Å². The molecule has 0 radical (unpaired) electrons. The Labute approximate surface area is 188 Å². The van der Waals surface area contributed by atoms with Gasteiger partial charge in [-0.1, -0.05) is 41.1 Å². The number of aromatic nitrogens is 4. The van der Waals surface area contributed by atoms with E-state index in [1.54, 1.807) is 24.3 Å². The maximum absolute atomic E-state index is 12.5. The van der Waals surface area contributed by atoms with E-state index in [1.165, 1.54) is 17.3 Å². The number of aryl methyl sites for hydroxylation is 2. The normalized spacial score (nSPS) is 11.0. The number of anilines is 1. The van der Waals surface area contributed by atoms with Crippen LogP contribution in [0.3, 0.4) is 0 Å². The second-order valence-corrected chi connectivity index (χ2v) is 8.37. The second-order valence-electron chi connectivity index (χ2n) is 7.01. The van der Waals surface area contributed by atoms with Crippen LogP contribution in [0, 0.1) is 20.8 Å². The van der Waals surface area contributed by atoms with Crippen LogP contribution < -0.4 is 5.32 Å². The van der Waals surface area contributed by atoms with E-state index in [2.05, 4.69) is 20.6 Å². The molecule has 1 amide bonds. The molecule has 158 valence electrons. The van der Waals surface area contributed by atoms with Gasteiger partial charge in [0.1, 0.15) is 0 Å². The van der Waals surface area contributed by atoms with Crippen molar-refractivity contribution < 1.29 is 9.21 Å². The van der Waals surface area contributed by atoms with Gasteiger partial charge in [-0.2, -0.15) is 5.10 Å². The van der Waals surface area contributed by atoms with Crippen LogP contribution in [-0.2, 0) is 4.79 Å². The van der Waals surface area contributed by atoms with E-state index < -0.39 is 0 Å². The SMILES string of the molecule is Cc1ccc(-n2nc(C)c(NC(=O)CSc3nnc(-c4ccc(Cl)cc4)o3)c2C)cc1. The fraction of sp³-hybridized carbons (Fsp3) is 0.182. The topological polar surface area (TPSA) is 85.8 Å². The quantitative estimate of drug-likeness (QED) is 0.402. The van der Waals surface area contributed by atoms with Gasteiger partial charge in [-0.3, -0.25) is 4.79 Å². The molecule has 0 saturated heterocycles. The molecule has 0 aliphatic heterocycles. The first-order chi connectivity index (χ1) is 14.9. The molecule has 0 saturated carbocycles. The summed E-state index contributed by atoms with van der Waals surface area (Å²) in [5.74, 6) is 0.341. The molecule has 2 heterocycles. The molecular formula is C22H20ClN5O2S. The zero-order chi connectivity index (χ0) is 22.0. The Balaban J connectivity index is 1.40. The van der Waals surface area contributed by atoms with Gasteiger partial charge in [0, 0.05) is 10.6 Å². The standard InChI is InChI=1S/C22H20ClN5O2S/c1-13-4-10-18(11-5-13)28-15(3)20(14(2)27-28)24-19(29)12-31-22-26-25-21(30-22)16-6-8-17(23)9-7-16/h4-11H,12H2,1-3H3,(H,24,29). The maximum atomic E-state index is 12.5. The average Bonchev–Trinajstić information content (AvgIpc) is 3.34. The molecule has 1 N–H and O–H groups in total. The summed E-state index contributed by atoms with van der Waals surface area (Å²) >= 11 is 7.08. The summed E-state index contributed by atoms with van der Waals surface area (Å²) in [6.45, 7) is 5.84. The first-order valence-electron chi connectivity index (χ1n) is 9.56. The second kappa shape index (κ2) is 8.95. The van der Waals surface area contributed by atoms with E-state index >= 15 is 0 Å². The third-order valence-corrected chi connectivity index (χ3v) is 5.73. The van der Waals surface area contributed by atoms with Gasteiger partial charge in [0.2, 0.25) is 11.8 Å². The van der Waals surface area contributed by atoms with Crippen molar-refractivity contribution in [3.8, 4) is 17.1 Å². The van der Waals surface area contributed by atoms with Crippen LogP contribution in [0.2, 0.25) is 5.02 Å². The van der Waals surface area contributed by atoms with Crippen molar-refractivity contribution in [1.29, 1.82) is 0 Å². The van der Waals surface area contributed by atoms with Gasteiger partial charge in [-0.25, -0.2) is 4.68 Å². The molecule has 0 spiro atoms. The Morgan fingerprint density at radius 3 is 2.48 bits per heavy atom. The van der Waals surface area contributed by atoms with Crippen molar-refractivity contribution >= 4 is 35.0 Å². The van der Waals surface area contributed by atoms with Crippen molar-refractivity contribution in [1.82, 2.24) is 20.0 Å². The Morgan fingerprint density at radius 2 is 1.77 bits per heavy atom. The molecule has 2 aromatic carbocycles. The summed E-state index contributed by atoms with van der Waals surface area (Å²) in [4.78, 5) is 12.5. The number of hydrogen-bond donors (Lipinski definition) is 1. The number of benzene rings is 2. The monoisotopic (exact) mass is 453 g/mol. The summed E-state index contributed by atoms with van der Waals surface area (Å²) in [5.41, 5.74) is 5.21. The summed E-state index contributed by atoms with van der Waals surface area (Å²) < 4.78 is 7.46. The van der Waals surface area contributed by atoms with Crippen molar-refractivity contribution in [3.05, 3.63) is 70.5 Å². The molecule has 0 atom stereocenters. The number of hydrogen-bond acceptors (Lipinski definition) is 6. The molecule has 0 aliphatic rings. The number of thioether (sulfide) groups is 1. The molecule has 4 rings (SSSR count). The fourth-order valence-corrected chi connectivity index (χ4v) is 3.73. The molecule has 0 aliphatic carbocycles. The maximum Gasteiger partial charge on any atom is 0.277 e. The van der Waals surface area contributed by atoms with Gasteiger partial charge in [0.05, 0.1) is 28.5 Å². The third kappa shape index (κ3) is 4.81. The molecule has 4 aromatic rings. The smallest absolute Gasteiger partial charge is 0.277 e. The Kier molecular flexibility index (Phi) is 6.11. The van der Waals surface area contributed by atoms with E-state index in [9.17, 15) is 4.79 Å². The van der Waals surface area contributed by atoms with Crippen LogP contribution in [0.15, 0.2) is 58.2 Å². The number of carbonyl (C=O) groups is 1. The van der Waals surface area contributed by atoms with Crippen LogP contribution in [0.4, 0.5) is 5.69 Å². The van der Waals surface area contributed by atoms with Crippen LogP contribution in [0.25, 0.3) is 17.1 Å². The minimum Gasteiger partial charge on any atom is -0.411 e. The fourth-order valence-electron chi connectivity index (χ4n) is 3.04.